The van der Waals surface area contributed by atoms with E-state index in [-0.39, 0.29) is 10.8 Å². The zero-order valence-corrected chi connectivity index (χ0v) is 21.6. The van der Waals surface area contributed by atoms with E-state index < -0.39 is 9.84 Å². The van der Waals surface area contributed by atoms with Gasteiger partial charge in [-0.05, 0) is 27.4 Å². The molecule has 0 bridgehead atoms. The molecule has 0 aliphatic rings. The fourth-order valence-corrected chi connectivity index (χ4v) is 1.47. The second-order valence-corrected chi connectivity index (χ2v) is 13.2. The van der Waals surface area contributed by atoms with Gasteiger partial charge in [-0.3, -0.25) is 0 Å². The zero-order valence-electron chi connectivity index (χ0n) is 20.7. The predicted molar refractivity (Wildman–Crippen MR) is 126 cm³/mol. The van der Waals surface area contributed by atoms with E-state index in [9.17, 15) is 8.42 Å². The van der Waals surface area contributed by atoms with Crippen LogP contribution in [-0.4, -0.2) is 20.9 Å². The molecule has 0 aliphatic heterocycles. The fourth-order valence-electron chi connectivity index (χ4n) is 1.47. The standard InChI is InChI=1S/C14H22.C5H12.C3H8.C2H6O2S/c1-13(2,3)11-7-9-12(10-8-11)14(4,5)6;1-5(2,3)4;1-3-2;1-5(2,3)4/h7-10H,1-6H3;1-4H3;3H2,1-2H3;1-2H3. The smallest absolute Gasteiger partial charge is 0.144 e. The minimum absolute atomic E-state index is 0.260. The van der Waals surface area contributed by atoms with Gasteiger partial charge in [0.05, 0.1) is 0 Å². The Balaban J connectivity index is -0.000000366. The van der Waals surface area contributed by atoms with Crippen molar-refractivity contribution in [1.29, 1.82) is 0 Å². The minimum atomic E-state index is -2.67. The molecule has 0 aliphatic carbocycles. The van der Waals surface area contributed by atoms with Crippen molar-refractivity contribution in [2.45, 2.75) is 100 Å². The van der Waals surface area contributed by atoms with Gasteiger partial charge in [0.15, 0.2) is 0 Å². The first-order valence-corrected chi connectivity index (χ1v) is 12.2. The molecule has 0 atom stereocenters. The van der Waals surface area contributed by atoms with E-state index in [1.165, 1.54) is 17.5 Å². The van der Waals surface area contributed by atoms with Crippen LogP contribution in [0.2, 0.25) is 0 Å². The monoisotopic (exact) mass is 400 g/mol. The number of hydrogen-bond donors (Lipinski definition) is 0. The molecule has 2 nitrogen and oxygen atoms in total. The lowest BCUT2D eigenvalue weighted by atomic mass is 9.82. The summed E-state index contributed by atoms with van der Waals surface area (Å²) >= 11 is 0. The van der Waals surface area contributed by atoms with Crippen LogP contribution in [0.4, 0.5) is 0 Å². The highest BCUT2D eigenvalue weighted by atomic mass is 32.2. The molecule has 1 rings (SSSR count). The average molecular weight is 401 g/mol. The first kappa shape index (κ1) is 30.9. The largest absolute Gasteiger partial charge is 0.229 e. The lowest BCUT2D eigenvalue weighted by Gasteiger charge is -2.23. The molecule has 0 saturated carbocycles. The van der Waals surface area contributed by atoms with Gasteiger partial charge in [0.1, 0.15) is 9.84 Å². The highest BCUT2D eigenvalue weighted by Crippen LogP contribution is 2.26. The second kappa shape index (κ2) is 12.6. The summed E-state index contributed by atoms with van der Waals surface area (Å²) < 4.78 is 19.3. The summed E-state index contributed by atoms with van der Waals surface area (Å²) in [6, 6.07) is 9.00. The first-order chi connectivity index (χ1) is 11.6. The quantitative estimate of drug-likeness (QED) is 0.454. The van der Waals surface area contributed by atoms with Crippen molar-refractivity contribution < 1.29 is 8.42 Å². The molecule has 1 aromatic rings. The second-order valence-electron chi connectivity index (χ2n) is 10.9. The lowest BCUT2D eigenvalue weighted by molar-refractivity contribution is 0.469. The maximum atomic E-state index is 9.63. The van der Waals surface area contributed by atoms with Crippen LogP contribution in [-0.2, 0) is 20.7 Å². The fraction of sp³-hybridized carbons (Fsp3) is 0.750. The van der Waals surface area contributed by atoms with Crippen LogP contribution in [0.15, 0.2) is 24.3 Å². The Labute approximate surface area is 172 Å². The van der Waals surface area contributed by atoms with Gasteiger partial charge in [0.25, 0.3) is 0 Å². The molecule has 162 valence electrons. The maximum Gasteiger partial charge on any atom is 0.144 e. The van der Waals surface area contributed by atoms with E-state index in [1.807, 2.05) is 0 Å². The van der Waals surface area contributed by atoms with Gasteiger partial charge in [0.2, 0.25) is 0 Å². The molecule has 0 heterocycles. The molecule has 0 spiro atoms. The minimum Gasteiger partial charge on any atom is -0.229 e. The van der Waals surface area contributed by atoms with Gasteiger partial charge in [-0.15, -0.1) is 0 Å². The SMILES string of the molecule is CC(C)(C)C.CC(C)(C)c1ccc(C(C)(C)C)cc1.CCC.CS(C)(=O)=O. The molecule has 1 aromatic carbocycles. The summed E-state index contributed by atoms with van der Waals surface area (Å²) in [5.74, 6) is 0. The normalized spacial score (nSPS) is 11.8. The Morgan fingerprint density at radius 3 is 0.815 bits per heavy atom. The van der Waals surface area contributed by atoms with Crippen LogP contribution >= 0.6 is 0 Å². The average Bonchev–Trinajstić information content (AvgIpc) is 2.33. The van der Waals surface area contributed by atoms with Gasteiger partial charge < -0.3 is 0 Å². The van der Waals surface area contributed by atoms with Crippen molar-refractivity contribution in [1.82, 2.24) is 0 Å². The summed E-state index contributed by atoms with van der Waals surface area (Å²) in [6.45, 7) is 26.5. The number of sulfone groups is 1. The maximum absolute atomic E-state index is 9.63. The predicted octanol–water partition coefficient (Wildman–Crippen LogP) is 7.41. The van der Waals surface area contributed by atoms with E-state index in [0.717, 1.165) is 12.5 Å². The molecule has 0 fully saturated rings. The van der Waals surface area contributed by atoms with Crippen LogP contribution < -0.4 is 0 Å². The van der Waals surface area contributed by atoms with E-state index in [1.54, 1.807) is 0 Å². The van der Waals surface area contributed by atoms with Crippen molar-refractivity contribution in [2.75, 3.05) is 12.5 Å². The molecule has 0 N–H and O–H groups in total. The van der Waals surface area contributed by atoms with E-state index in [4.69, 9.17) is 0 Å². The molecule has 0 saturated heterocycles. The summed E-state index contributed by atoms with van der Waals surface area (Å²) in [5.41, 5.74) is 3.84. The third kappa shape index (κ3) is 30.2. The van der Waals surface area contributed by atoms with Crippen molar-refractivity contribution in [3.63, 3.8) is 0 Å². The first-order valence-electron chi connectivity index (χ1n) is 9.89. The third-order valence-corrected chi connectivity index (χ3v) is 2.62. The molecule has 0 amide bonds. The van der Waals surface area contributed by atoms with Crippen molar-refractivity contribution in [3.05, 3.63) is 35.4 Å². The highest BCUT2D eigenvalue weighted by Gasteiger charge is 2.16. The van der Waals surface area contributed by atoms with Gasteiger partial charge in [-0.25, -0.2) is 8.42 Å². The van der Waals surface area contributed by atoms with Crippen molar-refractivity contribution in [2.24, 2.45) is 5.41 Å². The number of benzene rings is 1. The van der Waals surface area contributed by atoms with Gasteiger partial charge in [0, 0.05) is 12.5 Å². The molecule has 27 heavy (non-hydrogen) atoms. The summed E-state index contributed by atoms with van der Waals surface area (Å²) in [6.07, 6.45) is 3.57. The van der Waals surface area contributed by atoms with Gasteiger partial charge >= 0.3 is 0 Å². The number of hydrogen-bond acceptors (Lipinski definition) is 2. The van der Waals surface area contributed by atoms with Crippen molar-refractivity contribution in [3.8, 4) is 0 Å². The Morgan fingerprint density at radius 2 is 0.741 bits per heavy atom. The van der Waals surface area contributed by atoms with Crippen LogP contribution in [0.25, 0.3) is 0 Å². The topological polar surface area (TPSA) is 34.1 Å². The van der Waals surface area contributed by atoms with Crippen LogP contribution in [0.3, 0.4) is 0 Å². The highest BCUT2D eigenvalue weighted by molar-refractivity contribution is 7.89. The van der Waals surface area contributed by atoms with E-state index in [2.05, 4.69) is 107 Å². The molecular weight excluding hydrogens is 352 g/mol. The van der Waals surface area contributed by atoms with Crippen LogP contribution in [0.5, 0.6) is 0 Å². The molecule has 0 unspecified atom stereocenters. The van der Waals surface area contributed by atoms with E-state index in [0.29, 0.717) is 5.41 Å². The van der Waals surface area contributed by atoms with E-state index >= 15 is 0 Å². The van der Waals surface area contributed by atoms with Gasteiger partial charge in [-0.1, -0.05) is 114 Å². The Bertz CT molecular complexity index is 528. The summed E-state index contributed by atoms with van der Waals surface area (Å²) in [5, 5.41) is 0. The molecular formula is C24H48O2S. The Morgan fingerprint density at radius 1 is 0.630 bits per heavy atom. The van der Waals surface area contributed by atoms with Crippen LogP contribution in [0.1, 0.15) is 101 Å². The third-order valence-electron chi connectivity index (χ3n) is 2.62. The zero-order chi connectivity index (χ0) is 22.7. The van der Waals surface area contributed by atoms with Gasteiger partial charge in [-0.2, -0.15) is 0 Å². The molecule has 3 heteroatoms. The Hall–Kier alpha value is -0.830. The van der Waals surface area contributed by atoms with Crippen LogP contribution in [0, 0.1) is 5.41 Å². The molecule has 0 aromatic heterocycles. The van der Waals surface area contributed by atoms with Crippen molar-refractivity contribution >= 4 is 9.84 Å². The lowest BCUT2D eigenvalue weighted by Crippen LogP contribution is -2.14. The number of rotatable bonds is 0. The summed E-state index contributed by atoms with van der Waals surface area (Å²) in [7, 11) is -2.67. The summed E-state index contributed by atoms with van der Waals surface area (Å²) in [4.78, 5) is 0. The molecule has 0 radical (unpaired) electrons. The Kier molecular flexibility index (Phi) is 14.4.